The fourth-order valence-electron chi connectivity index (χ4n) is 1.43. The Morgan fingerprint density at radius 3 is 2.53 bits per heavy atom. The van der Waals surface area contributed by atoms with Crippen LogP contribution >= 0.6 is 0 Å². The fourth-order valence-corrected chi connectivity index (χ4v) is 1.43. The summed E-state index contributed by atoms with van der Waals surface area (Å²) in [6, 6.07) is 7.37. The van der Waals surface area contributed by atoms with E-state index in [-0.39, 0.29) is 11.9 Å². The van der Waals surface area contributed by atoms with E-state index >= 15 is 0 Å². The molecule has 17 heavy (non-hydrogen) atoms. The van der Waals surface area contributed by atoms with Crippen molar-refractivity contribution in [3.05, 3.63) is 29.8 Å². The molecule has 1 atom stereocenters. The minimum atomic E-state index is -0.0696. The molecule has 1 unspecified atom stereocenters. The van der Waals surface area contributed by atoms with E-state index in [1.165, 1.54) is 0 Å². The number of ether oxygens (including phenoxy) is 1. The predicted molar refractivity (Wildman–Crippen MR) is 69.4 cm³/mol. The maximum atomic E-state index is 11.8. The van der Waals surface area contributed by atoms with Gasteiger partial charge in [-0.1, -0.05) is 0 Å². The summed E-state index contributed by atoms with van der Waals surface area (Å²) in [4.78, 5) is 11.8. The molecule has 1 rings (SSSR count). The van der Waals surface area contributed by atoms with Gasteiger partial charge in [0.05, 0.1) is 6.61 Å². The summed E-state index contributed by atoms with van der Waals surface area (Å²) in [5.41, 5.74) is 1.65. The zero-order valence-electron chi connectivity index (χ0n) is 10.6. The van der Waals surface area contributed by atoms with Crippen molar-refractivity contribution in [1.82, 2.24) is 5.32 Å². The molecule has 1 aromatic carbocycles. The van der Waals surface area contributed by atoms with Crippen LogP contribution in [0.15, 0.2) is 24.3 Å². The molecule has 2 N–H and O–H groups in total. The van der Waals surface area contributed by atoms with Gasteiger partial charge in [0.15, 0.2) is 0 Å². The van der Waals surface area contributed by atoms with Crippen LogP contribution in [0.3, 0.4) is 0 Å². The van der Waals surface area contributed by atoms with Crippen LogP contribution in [0.2, 0.25) is 0 Å². The van der Waals surface area contributed by atoms with Crippen LogP contribution in [0, 0.1) is 0 Å². The van der Waals surface area contributed by atoms with E-state index < -0.39 is 0 Å². The number of hydrogen-bond donors (Lipinski definition) is 2. The summed E-state index contributed by atoms with van der Waals surface area (Å²) >= 11 is 0. The number of amides is 1. The summed E-state index contributed by atoms with van der Waals surface area (Å²) in [5.74, 6) is -0.0696. The van der Waals surface area contributed by atoms with E-state index in [1.54, 1.807) is 12.1 Å². The van der Waals surface area contributed by atoms with Crippen molar-refractivity contribution in [1.29, 1.82) is 0 Å². The molecule has 0 aliphatic carbocycles. The lowest BCUT2D eigenvalue weighted by Gasteiger charge is -2.13. The van der Waals surface area contributed by atoms with E-state index in [0.717, 1.165) is 5.69 Å². The average Bonchev–Trinajstić information content (AvgIpc) is 2.36. The highest BCUT2D eigenvalue weighted by molar-refractivity contribution is 5.94. The third-order valence-corrected chi connectivity index (χ3v) is 2.39. The maximum Gasteiger partial charge on any atom is 0.251 e. The van der Waals surface area contributed by atoms with Crippen molar-refractivity contribution < 1.29 is 9.53 Å². The fraction of sp³-hybridized carbons (Fsp3) is 0.462. The number of benzene rings is 1. The molecule has 1 amide bonds. The first-order valence-corrected chi connectivity index (χ1v) is 5.83. The Labute approximate surface area is 102 Å². The van der Waals surface area contributed by atoms with Gasteiger partial charge < -0.3 is 15.4 Å². The van der Waals surface area contributed by atoms with Gasteiger partial charge in [0, 0.05) is 30.9 Å². The van der Waals surface area contributed by atoms with Gasteiger partial charge in [-0.2, -0.15) is 0 Å². The topological polar surface area (TPSA) is 50.4 Å². The molecule has 0 aliphatic rings. The predicted octanol–water partition coefficient (Wildman–Crippen LogP) is 1.88. The Bertz CT molecular complexity index is 349. The smallest absolute Gasteiger partial charge is 0.251 e. The largest absolute Gasteiger partial charge is 0.388 e. The highest BCUT2D eigenvalue weighted by Crippen LogP contribution is 2.08. The first-order valence-electron chi connectivity index (χ1n) is 5.83. The molecule has 1 aromatic rings. The monoisotopic (exact) mass is 236 g/mol. The van der Waals surface area contributed by atoms with Gasteiger partial charge in [0.1, 0.15) is 0 Å². The maximum absolute atomic E-state index is 11.8. The molecule has 0 aliphatic heterocycles. The molecule has 0 spiro atoms. The molecule has 0 saturated heterocycles. The SMILES string of the molecule is CCOCC(C)NC(=O)c1ccc(NC)cc1. The van der Waals surface area contributed by atoms with Crippen molar-refractivity contribution in [2.45, 2.75) is 19.9 Å². The Morgan fingerprint density at radius 1 is 1.35 bits per heavy atom. The van der Waals surface area contributed by atoms with Crippen molar-refractivity contribution >= 4 is 11.6 Å². The van der Waals surface area contributed by atoms with Crippen LogP contribution in [-0.4, -0.2) is 32.2 Å². The van der Waals surface area contributed by atoms with Crippen molar-refractivity contribution in [3.63, 3.8) is 0 Å². The number of anilines is 1. The zero-order chi connectivity index (χ0) is 12.7. The number of rotatable bonds is 6. The van der Waals surface area contributed by atoms with Crippen LogP contribution in [0.4, 0.5) is 5.69 Å². The normalized spacial score (nSPS) is 11.9. The van der Waals surface area contributed by atoms with Crippen molar-refractivity contribution in [2.24, 2.45) is 0 Å². The quantitative estimate of drug-likeness (QED) is 0.793. The first-order chi connectivity index (χ1) is 8.17. The summed E-state index contributed by atoms with van der Waals surface area (Å²) < 4.78 is 5.24. The van der Waals surface area contributed by atoms with Crippen LogP contribution < -0.4 is 10.6 Å². The third kappa shape index (κ3) is 4.44. The van der Waals surface area contributed by atoms with Crippen LogP contribution in [-0.2, 0) is 4.74 Å². The minimum Gasteiger partial charge on any atom is -0.388 e. The molecule has 0 heterocycles. The molecule has 0 bridgehead atoms. The van der Waals surface area contributed by atoms with Crippen molar-refractivity contribution in [3.8, 4) is 0 Å². The lowest BCUT2D eigenvalue weighted by atomic mass is 10.2. The second-order valence-corrected chi connectivity index (χ2v) is 3.86. The highest BCUT2D eigenvalue weighted by atomic mass is 16.5. The zero-order valence-corrected chi connectivity index (χ0v) is 10.6. The Balaban J connectivity index is 2.51. The molecule has 0 fully saturated rings. The first kappa shape index (κ1) is 13.5. The molecule has 94 valence electrons. The molecule has 0 aromatic heterocycles. The summed E-state index contributed by atoms with van der Waals surface area (Å²) in [5, 5.41) is 5.89. The standard InChI is InChI=1S/C13H20N2O2/c1-4-17-9-10(2)15-13(16)11-5-7-12(14-3)8-6-11/h5-8,10,14H,4,9H2,1-3H3,(H,15,16). The van der Waals surface area contributed by atoms with E-state index in [1.807, 2.05) is 33.0 Å². The third-order valence-electron chi connectivity index (χ3n) is 2.39. The van der Waals surface area contributed by atoms with Gasteiger partial charge in [-0.05, 0) is 38.1 Å². The van der Waals surface area contributed by atoms with Crippen LogP contribution in [0.1, 0.15) is 24.2 Å². The van der Waals surface area contributed by atoms with E-state index in [4.69, 9.17) is 4.74 Å². The number of carbonyl (C=O) groups excluding carboxylic acids is 1. The number of nitrogens with one attached hydrogen (secondary N) is 2. The van der Waals surface area contributed by atoms with E-state index in [2.05, 4.69) is 10.6 Å². The Morgan fingerprint density at radius 2 is 2.00 bits per heavy atom. The van der Waals surface area contributed by atoms with Gasteiger partial charge in [0.25, 0.3) is 5.91 Å². The molecule has 0 saturated carbocycles. The average molecular weight is 236 g/mol. The molecular formula is C13H20N2O2. The van der Waals surface area contributed by atoms with Gasteiger partial charge in [-0.15, -0.1) is 0 Å². The molecule has 0 radical (unpaired) electrons. The Kier molecular flexibility index (Phi) is 5.49. The lowest BCUT2D eigenvalue weighted by Crippen LogP contribution is -2.35. The van der Waals surface area contributed by atoms with E-state index in [9.17, 15) is 4.79 Å². The summed E-state index contributed by atoms with van der Waals surface area (Å²) in [6.07, 6.45) is 0. The summed E-state index contributed by atoms with van der Waals surface area (Å²) in [7, 11) is 1.85. The Hall–Kier alpha value is -1.55. The highest BCUT2D eigenvalue weighted by Gasteiger charge is 2.09. The van der Waals surface area contributed by atoms with Gasteiger partial charge in [-0.25, -0.2) is 0 Å². The lowest BCUT2D eigenvalue weighted by molar-refractivity contribution is 0.0872. The van der Waals surface area contributed by atoms with Gasteiger partial charge in [0.2, 0.25) is 0 Å². The number of hydrogen-bond acceptors (Lipinski definition) is 3. The van der Waals surface area contributed by atoms with Crippen molar-refractivity contribution in [2.75, 3.05) is 25.6 Å². The molecular weight excluding hydrogens is 216 g/mol. The van der Waals surface area contributed by atoms with Gasteiger partial charge in [-0.3, -0.25) is 4.79 Å². The van der Waals surface area contributed by atoms with Crippen LogP contribution in [0.25, 0.3) is 0 Å². The number of carbonyl (C=O) groups is 1. The summed E-state index contributed by atoms with van der Waals surface area (Å²) in [6.45, 7) is 5.06. The molecule has 4 nitrogen and oxygen atoms in total. The molecule has 4 heteroatoms. The van der Waals surface area contributed by atoms with Gasteiger partial charge >= 0.3 is 0 Å². The van der Waals surface area contributed by atoms with Crippen LogP contribution in [0.5, 0.6) is 0 Å². The minimum absolute atomic E-state index is 0.0198. The van der Waals surface area contributed by atoms with E-state index in [0.29, 0.717) is 18.8 Å². The second kappa shape index (κ2) is 6.91. The second-order valence-electron chi connectivity index (χ2n) is 3.86.